The lowest BCUT2D eigenvalue weighted by molar-refractivity contribution is -0.0956. The summed E-state index contributed by atoms with van der Waals surface area (Å²) in [7, 11) is 0. The van der Waals surface area contributed by atoms with Gasteiger partial charge in [0.15, 0.2) is 6.29 Å². The predicted octanol–water partition coefficient (Wildman–Crippen LogP) is 2.82. The van der Waals surface area contributed by atoms with E-state index < -0.39 is 0 Å². The molecule has 0 unspecified atom stereocenters. The minimum atomic E-state index is -0.0543. The monoisotopic (exact) mass is 401 g/mol. The number of likely N-dealkylation sites (tertiary alicyclic amines) is 1. The Bertz CT molecular complexity index is 520. The van der Waals surface area contributed by atoms with Crippen molar-refractivity contribution in [2.24, 2.45) is 5.92 Å². The van der Waals surface area contributed by atoms with E-state index in [0.29, 0.717) is 19.1 Å². The van der Waals surface area contributed by atoms with E-state index in [1.807, 2.05) is 30.0 Å². The fourth-order valence-electron chi connectivity index (χ4n) is 3.01. The molecule has 2 saturated heterocycles. The number of hydrogen-bond acceptors (Lipinski definition) is 3. The molecule has 2 aliphatic heterocycles. The highest BCUT2D eigenvalue weighted by atomic mass is 127. The van der Waals surface area contributed by atoms with E-state index in [0.717, 1.165) is 40.6 Å². The number of halogens is 1. The molecule has 1 aromatic rings. The molecule has 114 valence electrons. The van der Waals surface area contributed by atoms with Crippen LogP contribution in [-0.4, -0.2) is 43.4 Å². The number of benzene rings is 1. The average molecular weight is 401 g/mol. The molecule has 0 spiro atoms. The van der Waals surface area contributed by atoms with Gasteiger partial charge in [-0.2, -0.15) is 0 Å². The normalized spacial score (nSPS) is 21.0. The van der Waals surface area contributed by atoms with Gasteiger partial charge in [-0.05, 0) is 54.0 Å². The van der Waals surface area contributed by atoms with Crippen LogP contribution >= 0.6 is 22.6 Å². The number of carbonyl (C=O) groups excluding carboxylic acids is 1. The van der Waals surface area contributed by atoms with Gasteiger partial charge in [-0.3, -0.25) is 4.79 Å². The van der Waals surface area contributed by atoms with E-state index >= 15 is 0 Å². The van der Waals surface area contributed by atoms with Crippen molar-refractivity contribution in [3.63, 3.8) is 0 Å². The predicted molar refractivity (Wildman–Crippen MR) is 88.2 cm³/mol. The highest BCUT2D eigenvalue weighted by Gasteiger charge is 2.32. The number of piperidine rings is 1. The van der Waals surface area contributed by atoms with Gasteiger partial charge in [-0.25, -0.2) is 0 Å². The lowest BCUT2D eigenvalue weighted by atomic mass is 9.95. The third kappa shape index (κ3) is 3.24. The van der Waals surface area contributed by atoms with Crippen LogP contribution in [0.15, 0.2) is 18.2 Å². The Balaban J connectivity index is 1.63. The quantitative estimate of drug-likeness (QED) is 0.716. The first kappa shape index (κ1) is 15.2. The minimum Gasteiger partial charge on any atom is -0.350 e. The van der Waals surface area contributed by atoms with Crippen molar-refractivity contribution in [3.8, 4) is 0 Å². The molecule has 0 saturated carbocycles. The second-order valence-electron chi connectivity index (χ2n) is 5.68. The van der Waals surface area contributed by atoms with Crippen LogP contribution in [-0.2, 0) is 9.47 Å². The van der Waals surface area contributed by atoms with Gasteiger partial charge in [0.05, 0.1) is 18.8 Å². The van der Waals surface area contributed by atoms with E-state index in [-0.39, 0.29) is 12.2 Å². The number of amides is 1. The Morgan fingerprint density at radius 2 is 1.90 bits per heavy atom. The van der Waals surface area contributed by atoms with Crippen molar-refractivity contribution in [1.29, 1.82) is 0 Å². The third-order valence-corrected chi connectivity index (χ3v) is 5.71. The summed E-state index contributed by atoms with van der Waals surface area (Å²) in [5.41, 5.74) is 1.98. The molecule has 21 heavy (non-hydrogen) atoms. The summed E-state index contributed by atoms with van der Waals surface area (Å²) >= 11 is 2.26. The molecule has 3 rings (SSSR count). The fraction of sp³-hybridized carbons (Fsp3) is 0.562. The second kappa shape index (κ2) is 6.62. The summed E-state index contributed by atoms with van der Waals surface area (Å²) < 4.78 is 12.2. The average Bonchev–Trinajstić information content (AvgIpc) is 3.04. The highest BCUT2D eigenvalue weighted by Crippen LogP contribution is 2.27. The zero-order valence-electron chi connectivity index (χ0n) is 12.2. The van der Waals surface area contributed by atoms with Gasteiger partial charge in [-0.1, -0.05) is 12.1 Å². The summed E-state index contributed by atoms with van der Waals surface area (Å²) in [5, 5.41) is 0. The first-order chi connectivity index (χ1) is 10.2. The summed E-state index contributed by atoms with van der Waals surface area (Å²) in [6, 6.07) is 5.92. The molecule has 0 aromatic heterocycles. The van der Waals surface area contributed by atoms with E-state index in [1.165, 1.54) is 0 Å². The zero-order valence-corrected chi connectivity index (χ0v) is 14.3. The standard InChI is InChI=1S/C16H20INO3/c1-11-3-2-4-13(14(11)17)15(19)18-7-5-12(6-8-18)16-20-9-10-21-16/h2-4,12,16H,5-10H2,1H3. The van der Waals surface area contributed by atoms with Gasteiger partial charge in [0, 0.05) is 22.6 Å². The first-order valence-electron chi connectivity index (χ1n) is 7.44. The van der Waals surface area contributed by atoms with Crippen LogP contribution in [0, 0.1) is 16.4 Å². The van der Waals surface area contributed by atoms with Crippen LogP contribution in [0.3, 0.4) is 0 Å². The molecule has 4 nitrogen and oxygen atoms in total. The number of carbonyl (C=O) groups is 1. The van der Waals surface area contributed by atoms with Crippen LogP contribution in [0.1, 0.15) is 28.8 Å². The van der Waals surface area contributed by atoms with Crippen molar-refractivity contribution >= 4 is 28.5 Å². The maximum atomic E-state index is 12.7. The number of aryl methyl sites for hydroxylation is 1. The van der Waals surface area contributed by atoms with Crippen LogP contribution in [0.2, 0.25) is 0 Å². The van der Waals surface area contributed by atoms with Crippen LogP contribution in [0.5, 0.6) is 0 Å². The molecule has 5 heteroatoms. The van der Waals surface area contributed by atoms with E-state index in [2.05, 4.69) is 22.6 Å². The number of hydrogen-bond donors (Lipinski definition) is 0. The first-order valence-corrected chi connectivity index (χ1v) is 8.52. The smallest absolute Gasteiger partial charge is 0.254 e. The molecule has 2 heterocycles. The summed E-state index contributed by atoms with van der Waals surface area (Å²) in [6.07, 6.45) is 1.86. The molecule has 0 atom stereocenters. The molecule has 0 aliphatic carbocycles. The molecular formula is C16H20INO3. The van der Waals surface area contributed by atoms with Gasteiger partial charge in [0.2, 0.25) is 0 Å². The number of rotatable bonds is 2. The number of ether oxygens (including phenoxy) is 2. The second-order valence-corrected chi connectivity index (χ2v) is 6.75. The molecule has 2 fully saturated rings. The van der Waals surface area contributed by atoms with Crippen LogP contribution < -0.4 is 0 Å². The maximum absolute atomic E-state index is 12.7. The van der Waals surface area contributed by atoms with E-state index in [9.17, 15) is 4.79 Å². The van der Waals surface area contributed by atoms with Crippen molar-refractivity contribution in [2.45, 2.75) is 26.1 Å². The van der Waals surface area contributed by atoms with Crippen LogP contribution in [0.4, 0.5) is 0 Å². The van der Waals surface area contributed by atoms with Crippen molar-refractivity contribution in [3.05, 3.63) is 32.9 Å². The Hall–Kier alpha value is -0.660. The molecule has 2 aliphatic rings. The highest BCUT2D eigenvalue weighted by molar-refractivity contribution is 14.1. The minimum absolute atomic E-state index is 0.0543. The Morgan fingerprint density at radius 3 is 2.57 bits per heavy atom. The van der Waals surface area contributed by atoms with Crippen molar-refractivity contribution in [1.82, 2.24) is 4.90 Å². The van der Waals surface area contributed by atoms with E-state index in [4.69, 9.17) is 9.47 Å². The van der Waals surface area contributed by atoms with E-state index in [1.54, 1.807) is 0 Å². The summed E-state index contributed by atoms with van der Waals surface area (Å²) in [5.74, 6) is 0.572. The van der Waals surface area contributed by atoms with Gasteiger partial charge in [-0.15, -0.1) is 0 Å². The van der Waals surface area contributed by atoms with Gasteiger partial charge in [0.25, 0.3) is 5.91 Å². The number of nitrogens with zero attached hydrogens (tertiary/aromatic N) is 1. The molecule has 0 bridgehead atoms. The third-order valence-electron chi connectivity index (χ3n) is 4.28. The Kier molecular flexibility index (Phi) is 4.81. The molecule has 0 radical (unpaired) electrons. The topological polar surface area (TPSA) is 38.8 Å². The molecule has 1 aromatic carbocycles. The molecule has 0 N–H and O–H groups in total. The lowest BCUT2D eigenvalue weighted by Crippen LogP contribution is -2.41. The van der Waals surface area contributed by atoms with Crippen molar-refractivity contribution < 1.29 is 14.3 Å². The largest absolute Gasteiger partial charge is 0.350 e. The van der Waals surface area contributed by atoms with Crippen molar-refractivity contribution in [2.75, 3.05) is 26.3 Å². The lowest BCUT2D eigenvalue weighted by Gasteiger charge is -2.34. The molecular weight excluding hydrogens is 381 g/mol. The summed E-state index contributed by atoms with van der Waals surface area (Å²) in [4.78, 5) is 14.6. The zero-order chi connectivity index (χ0) is 14.8. The Labute approximate surface area is 138 Å². The Morgan fingerprint density at radius 1 is 1.24 bits per heavy atom. The SMILES string of the molecule is Cc1cccc(C(=O)N2CCC(C3OCCO3)CC2)c1I. The maximum Gasteiger partial charge on any atom is 0.254 e. The van der Waals surface area contributed by atoms with Gasteiger partial charge < -0.3 is 14.4 Å². The fourth-order valence-corrected chi connectivity index (χ4v) is 3.60. The van der Waals surface area contributed by atoms with Crippen LogP contribution in [0.25, 0.3) is 0 Å². The van der Waals surface area contributed by atoms with Gasteiger partial charge >= 0.3 is 0 Å². The summed E-state index contributed by atoms with van der Waals surface area (Å²) in [6.45, 7) is 5.02. The molecule has 1 amide bonds. The van der Waals surface area contributed by atoms with Gasteiger partial charge in [0.1, 0.15) is 0 Å².